The van der Waals surface area contributed by atoms with Crippen LogP contribution >= 0.6 is 38.6 Å². The van der Waals surface area contributed by atoms with Crippen LogP contribution in [-0.2, 0) is 6.42 Å². The van der Waals surface area contributed by atoms with Crippen LogP contribution in [0.25, 0.3) is 0 Å². The van der Waals surface area contributed by atoms with Gasteiger partial charge in [-0.1, -0.05) is 38.1 Å². The number of aromatic nitrogens is 1. The van der Waals surface area contributed by atoms with Crippen LogP contribution in [0.15, 0.2) is 46.4 Å². The fourth-order valence-corrected chi connectivity index (χ4v) is 4.42. The summed E-state index contributed by atoms with van der Waals surface area (Å²) in [7, 11) is 0. The Balaban J connectivity index is 1.64. The van der Waals surface area contributed by atoms with Gasteiger partial charge in [-0.3, -0.25) is 10.1 Å². The molecule has 0 spiro atoms. The number of halogens is 1. The van der Waals surface area contributed by atoms with Gasteiger partial charge in [0.2, 0.25) is 0 Å². The number of rotatable bonds is 5. The zero-order chi connectivity index (χ0) is 17.1. The molecule has 3 rings (SSSR count). The number of thiazole rings is 1. The standard InChI is InChI=1S/C18H17BrN2OS2/c1-11(2)13-5-3-12(4-6-13)7-15-9-20-18(24-15)21-17(22)16-8-14(19)10-23-16/h3-6,8-11H,7H2,1-2H3,(H,20,21,22). The average Bonchev–Trinajstić information content (AvgIpc) is 3.17. The van der Waals surface area contributed by atoms with Gasteiger partial charge in [-0.15, -0.1) is 22.7 Å². The molecule has 1 amide bonds. The van der Waals surface area contributed by atoms with Gasteiger partial charge >= 0.3 is 0 Å². The third-order valence-electron chi connectivity index (χ3n) is 3.59. The van der Waals surface area contributed by atoms with E-state index in [0.717, 1.165) is 15.8 Å². The van der Waals surface area contributed by atoms with E-state index in [1.165, 1.54) is 33.8 Å². The van der Waals surface area contributed by atoms with E-state index in [1.807, 2.05) is 17.6 Å². The molecule has 2 aromatic heterocycles. The van der Waals surface area contributed by atoms with Crippen molar-refractivity contribution < 1.29 is 4.79 Å². The summed E-state index contributed by atoms with van der Waals surface area (Å²) >= 11 is 6.28. The first kappa shape index (κ1) is 17.3. The van der Waals surface area contributed by atoms with Crippen molar-refractivity contribution in [2.24, 2.45) is 0 Å². The molecule has 6 heteroatoms. The lowest BCUT2D eigenvalue weighted by atomic mass is 10.0. The van der Waals surface area contributed by atoms with Crippen molar-refractivity contribution in [2.45, 2.75) is 26.2 Å². The predicted octanol–water partition coefficient (Wildman–Crippen LogP) is 5.93. The zero-order valence-corrected chi connectivity index (χ0v) is 16.6. The summed E-state index contributed by atoms with van der Waals surface area (Å²) < 4.78 is 0.919. The minimum Gasteiger partial charge on any atom is -0.297 e. The molecule has 2 heterocycles. The lowest BCUT2D eigenvalue weighted by Gasteiger charge is -2.06. The van der Waals surface area contributed by atoms with Gasteiger partial charge in [0, 0.05) is 27.3 Å². The van der Waals surface area contributed by atoms with E-state index in [9.17, 15) is 4.79 Å². The molecular weight excluding hydrogens is 404 g/mol. The quantitative estimate of drug-likeness (QED) is 0.555. The molecule has 24 heavy (non-hydrogen) atoms. The topological polar surface area (TPSA) is 42.0 Å². The molecule has 0 aliphatic rings. The maximum atomic E-state index is 12.1. The normalized spacial score (nSPS) is 11.0. The maximum Gasteiger partial charge on any atom is 0.267 e. The molecule has 0 aliphatic carbocycles. The smallest absolute Gasteiger partial charge is 0.267 e. The Kier molecular flexibility index (Phi) is 5.48. The number of nitrogens with zero attached hydrogens (tertiary/aromatic N) is 1. The van der Waals surface area contributed by atoms with E-state index >= 15 is 0 Å². The van der Waals surface area contributed by atoms with Gasteiger partial charge in [-0.05, 0) is 39.0 Å². The van der Waals surface area contributed by atoms with Crippen molar-refractivity contribution in [1.82, 2.24) is 4.98 Å². The highest BCUT2D eigenvalue weighted by molar-refractivity contribution is 9.10. The predicted molar refractivity (Wildman–Crippen MR) is 105 cm³/mol. The van der Waals surface area contributed by atoms with Gasteiger partial charge in [0.15, 0.2) is 5.13 Å². The molecule has 0 saturated carbocycles. The molecule has 0 bridgehead atoms. The van der Waals surface area contributed by atoms with E-state index in [1.54, 1.807) is 0 Å². The van der Waals surface area contributed by atoms with Crippen LogP contribution in [0.4, 0.5) is 5.13 Å². The monoisotopic (exact) mass is 420 g/mol. The van der Waals surface area contributed by atoms with Gasteiger partial charge in [-0.2, -0.15) is 0 Å². The number of anilines is 1. The van der Waals surface area contributed by atoms with Gasteiger partial charge in [0.1, 0.15) is 0 Å². The lowest BCUT2D eigenvalue weighted by molar-refractivity contribution is 0.103. The number of hydrogen-bond donors (Lipinski definition) is 1. The number of carbonyl (C=O) groups is 1. The van der Waals surface area contributed by atoms with E-state index in [2.05, 4.69) is 64.3 Å². The molecule has 0 aliphatic heterocycles. The minimum absolute atomic E-state index is 0.118. The van der Waals surface area contributed by atoms with Gasteiger partial charge in [-0.25, -0.2) is 4.98 Å². The van der Waals surface area contributed by atoms with Crippen LogP contribution in [0.1, 0.15) is 45.4 Å². The third-order valence-corrected chi connectivity index (χ3v) is 6.19. The molecule has 3 aromatic rings. The van der Waals surface area contributed by atoms with Crippen LogP contribution in [0, 0.1) is 0 Å². The van der Waals surface area contributed by atoms with E-state index in [0.29, 0.717) is 15.9 Å². The van der Waals surface area contributed by atoms with E-state index in [-0.39, 0.29) is 5.91 Å². The van der Waals surface area contributed by atoms with Gasteiger partial charge in [0.25, 0.3) is 5.91 Å². The van der Waals surface area contributed by atoms with Crippen molar-refractivity contribution in [3.8, 4) is 0 Å². The summed E-state index contributed by atoms with van der Waals surface area (Å²) in [5, 5.41) is 5.39. The van der Waals surface area contributed by atoms with E-state index < -0.39 is 0 Å². The summed E-state index contributed by atoms with van der Waals surface area (Å²) in [5.74, 6) is 0.425. The molecule has 3 nitrogen and oxygen atoms in total. The Morgan fingerprint density at radius 3 is 2.67 bits per heavy atom. The highest BCUT2D eigenvalue weighted by Crippen LogP contribution is 2.25. The first-order valence-corrected chi connectivity index (χ1v) is 10.1. The third kappa shape index (κ3) is 4.32. The number of nitrogens with one attached hydrogen (secondary N) is 1. The largest absolute Gasteiger partial charge is 0.297 e. The van der Waals surface area contributed by atoms with Crippen molar-refractivity contribution in [3.05, 3.63) is 67.3 Å². The van der Waals surface area contributed by atoms with Crippen LogP contribution in [0.2, 0.25) is 0 Å². The first-order chi connectivity index (χ1) is 11.5. The fourth-order valence-electron chi connectivity index (χ4n) is 2.26. The Morgan fingerprint density at radius 1 is 1.29 bits per heavy atom. The van der Waals surface area contributed by atoms with Crippen LogP contribution in [-0.4, -0.2) is 10.9 Å². The molecule has 0 radical (unpaired) electrons. The SMILES string of the molecule is CC(C)c1ccc(Cc2cnc(NC(=O)c3cc(Br)cs3)s2)cc1. The van der Waals surface area contributed by atoms with Crippen molar-refractivity contribution in [1.29, 1.82) is 0 Å². The lowest BCUT2D eigenvalue weighted by Crippen LogP contribution is -2.09. The molecular formula is C18H17BrN2OS2. The van der Waals surface area contributed by atoms with Crippen LogP contribution in [0.5, 0.6) is 0 Å². The Labute approximate surface area is 157 Å². The number of amides is 1. The van der Waals surface area contributed by atoms with Crippen molar-refractivity contribution in [3.63, 3.8) is 0 Å². The van der Waals surface area contributed by atoms with Crippen LogP contribution < -0.4 is 5.32 Å². The molecule has 0 fully saturated rings. The van der Waals surface area contributed by atoms with Crippen molar-refractivity contribution in [2.75, 3.05) is 5.32 Å². The number of hydrogen-bond acceptors (Lipinski definition) is 4. The molecule has 124 valence electrons. The average molecular weight is 421 g/mol. The highest BCUT2D eigenvalue weighted by atomic mass is 79.9. The summed E-state index contributed by atoms with van der Waals surface area (Å²) in [6, 6.07) is 10.5. The number of thiophene rings is 1. The molecule has 0 atom stereocenters. The van der Waals surface area contributed by atoms with Crippen molar-refractivity contribution >= 4 is 49.6 Å². The second kappa shape index (κ2) is 7.59. The second-order valence-corrected chi connectivity index (χ2v) is 8.73. The van der Waals surface area contributed by atoms with E-state index in [4.69, 9.17) is 0 Å². The highest BCUT2D eigenvalue weighted by Gasteiger charge is 2.11. The molecule has 1 N–H and O–H groups in total. The summed E-state index contributed by atoms with van der Waals surface area (Å²) in [5.41, 5.74) is 2.60. The number of benzene rings is 1. The second-order valence-electron chi connectivity index (χ2n) is 5.79. The fraction of sp³-hybridized carbons (Fsp3) is 0.222. The zero-order valence-electron chi connectivity index (χ0n) is 13.4. The van der Waals surface area contributed by atoms with Crippen LogP contribution in [0.3, 0.4) is 0 Å². The van der Waals surface area contributed by atoms with Gasteiger partial charge in [0.05, 0.1) is 4.88 Å². The van der Waals surface area contributed by atoms with Gasteiger partial charge < -0.3 is 0 Å². The molecule has 1 aromatic carbocycles. The number of carbonyl (C=O) groups excluding carboxylic acids is 1. The molecule has 0 saturated heterocycles. The summed E-state index contributed by atoms with van der Waals surface area (Å²) in [6.45, 7) is 4.39. The minimum atomic E-state index is -0.118. The molecule has 0 unspecified atom stereocenters. The maximum absolute atomic E-state index is 12.1. The Bertz CT molecular complexity index is 837. The summed E-state index contributed by atoms with van der Waals surface area (Å²) in [6.07, 6.45) is 2.66. The Morgan fingerprint density at radius 2 is 2.04 bits per heavy atom. The Hall–Kier alpha value is -1.50. The summed E-state index contributed by atoms with van der Waals surface area (Å²) in [4.78, 5) is 18.3. The first-order valence-electron chi connectivity index (χ1n) is 7.60.